The van der Waals surface area contributed by atoms with Crippen LogP contribution in [0.3, 0.4) is 0 Å². The van der Waals surface area contributed by atoms with Crippen LogP contribution in [-0.2, 0) is 4.79 Å². The van der Waals surface area contributed by atoms with Gasteiger partial charge in [-0.1, -0.05) is 26.7 Å². The molecule has 0 aromatic heterocycles. The largest absolute Gasteiger partial charge is 0.481 e. The lowest BCUT2D eigenvalue weighted by Crippen LogP contribution is -2.18. The molecule has 0 aliphatic heterocycles. The third-order valence-electron chi connectivity index (χ3n) is 3.26. The molecule has 0 aromatic carbocycles. The van der Waals surface area contributed by atoms with E-state index in [4.69, 9.17) is 5.11 Å². The van der Waals surface area contributed by atoms with Gasteiger partial charge in [-0.05, 0) is 24.7 Å². The summed E-state index contributed by atoms with van der Waals surface area (Å²) < 4.78 is 0. The zero-order chi connectivity index (χ0) is 9.14. The van der Waals surface area contributed by atoms with E-state index < -0.39 is 5.97 Å². The lowest BCUT2D eigenvalue weighted by Gasteiger charge is -2.14. The molecule has 0 bridgehead atoms. The van der Waals surface area contributed by atoms with Crippen LogP contribution in [0.25, 0.3) is 0 Å². The number of carbonyl (C=O) groups is 1. The standard InChI is InChI=1S/C10H18O2/c1-3-8-4-5-9(6-8)7(2)10(11)12/h7-9H,3-6H2,1-2H3,(H,11,12). The first-order chi connectivity index (χ1) is 5.65. The van der Waals surface area contributed by atoms with Gasteiger partial charge in [0.2, 0.25) is 0 Å². The maximum absolute atomic E-state index is 10.7. The first kappa shape index (κ1) is 9.56. The molecular weight excluding hydrogens is 152 g/mol. The lowest BCUT2D eigenvalue weighted by atomic mass is 9.91. The van der Waals surface area contributed by atoms with Crippen LogP contribution in [0.4, 0.5) is 0 Å². The Balaban J connectivity index is 2.41. The van der Waals surface area contributed by atoms with E-state index in [2.05, 4.69) is 6.92 Å². The average Bonchev–Trinajstić information content (AvgIpc) is 2.50. The summed E-state index contributed by atoms with van der Waals surface area (Å²) in [5.41, 5.74) is 0. The van der Waals surface area contributed by atoms with Gasteiger partial charge in [-0.15, -0.1) is 0 Å². The van der Waals surface area contributed by atoms with Crippen molar-refractivity contribution in [3.8, 4) is 0 Å². The fraction of sp³-hybridized carbons (Fsp3) is 0.900. The van der Waals surface area contributed by atoms with E-state index in [-0.39, 0.29) is 5.92 Å². The van der Waals surface area contributed by atoms with Crippen LogP contribution >= 0.6 is 0 Å². The van der Waals surface area contributed by atoms with Crippen molar-refractivity contribution >= 4 is 5.97 Å². The summed E-state index contributed by atoms with van der Waals surface area (Å²) in [6.07, 6.45) is 4.69. The van der Waals surface area contributed by atoms with Crippen LogP contribution in [0.1, 0.15) is 39.5 Å². The molecular formula is C10H18O2. The Kier molecular flexibility index (Phi) is 3.12. The molecule has 1 N–H and O–H groups in total. The van der Waals surface area contributed by atoms with Crippen LogP contribution in [0, 0.1) is 17.8 Å². The van der Waals surface area contributed by atoms with E-state index in [1.165, 1.54) is 12.8 Å². The van der Waals surface area contributed by atoms with Gasteiger partial charge >= 0.3 is 5.97 Å². The molecule has 0 saturated heterocycles. The van der Waals surface area contributed by atoms with E-state index in [0.29, 0.717) is 5.92 Å². The Hall–Kier alpha value is -0.530. The Morgan fingerprint density at radius 1 is 1.58 bits per heavy atom. The monoisotopic (exact) mass is 170 g/mol. The molecule has 3 atom stereocenters. The summed E-state index contributed by atoms with van der Waals surface area (Å²) in [6.45, 7) is 4.03. The predicted octanol–water partition coefficient (Wildman–Crippen LogP) is 2.53. The topological polar surface area (TPSA) is 37.3 Å². The smallest absolute Gasteiger partial charge is 0.306 e. The van der Waals surface area contributed by atoms with Crippen LogP contribution in [0.5, 0.6) is 0 Å². The van der Waals surface area contributed by atoms with Gasteiger partial charge in [0.25, 0.3) is 0 Å². The molecule has 1 fully saturated rings. The molecule has 1 saturated carbocycles. The quantitative estimate of drug-likeness (QED) is 0.706. The van der Waals surface area contributed by atoms with Crippen molar-refractivity contribution in [3.05, 3.63) is 0 Å². The number of carboxylic acid groups (broad SMARTS) is 1. The second-order valence-electron chi connectivity index (χ2n) is 3.97. The second kappa shape index (κ2) is 3.92. The number of hydrogen-bond acceptors (Lipinski definition) is 1. The maximum atomic E-state index is 10.7. The van der Waals surface area contributed by atoms with Gasteiger partial charge in [-0.25, -0.2) is 0 Å². The maximum Gasteiger partial charge on any atom is 0.306 e. The van der Waals surface area contributed by atoms with E-state index >= 15 is 0 Å². The van der Waals surface area contributed by atoms with E-state index in [1.54, 1.807) is 0 Å². The van der Waals surface area contributed by atoms with Crippen molar-refractivity contribution in [2.24, 2.45) is 17.8 Å². The molecule has 2 nitrogen and oxygen atoms in total. The van der Waals surface area contributed by atoms with Crippen molar-refractivity contribution in [2.75, 3.05) is 0 Å². The summed E-state index contributed by atoms with van der Waals surface area (Å²) >= 11 is 0. The molecule has 0 radical (unpaired) electrons. The molecule has 3 unspecified atom stereocenters. The number of rotatable bonds is 3. The normalized spacial score (nSPS) is 31.8. The third kappa shape index (κ3) is 1.99. The molecule has 1 aliphatic rings. The van der Waals surface area contributed by atoms with Crippen LogP contribution in [0.2, 0.25) is 0 Å². The first-order valence-corrected chi connectivity index (χ1v) is 4.88. The Bertz CT molecular complexity index is 165. The van der Waals surface area contributed by atoms with Crippen molar-refractivity contribution < 1.29 is 9.90 Å². The highest BCUT2D eigenvalue weighted by atomic mass is 16.4. The minimum absolute atomic E-state index is 0.137. The number of aliphatic carboxylic acids is 1. The Labute approximate surface area is 74.0 Å². The van der Waals surface area contributed by atoms with Crippen LogP contribution in [0.15, 0.2) is 0 Å². The third-order valence-corrected chi connectivity index (χ3v) is 3.26. The van der Waals surface area contributed by atoms with Gasteiger partial charge in [0.1, 0.15) is 0 Å². The van der Waals surface area contributed by atoms with Gasteiger partial charge in [0.15, 0.2) is 0 Å². The molecule has 2 heteroatoms. The zero-order valence-corrected chi connectivity index (χ0v) is 7.92. The SMILES string of the molecule is CCC1CCC(C(C)C(=O)O)C1. The molecule has 1 aliphatic carbocycles. The molecule has 0 heterocycles. The number of hydrogen-bond donors (Lipinski definition) is 1. The van der Waals surface area contributed by atoms with Crippen molar-refractivity contribution in [1.29, 1.82) is 0 Å². The molecule has 70 valence electrons. The predicted molar refractivity (Wildman–Crippen MR) is 47.9 cm³/mol. The molecule has 0 spiro atoms. The zero-order valence-electron chi connectivity index (χ0n) is 7.92. The minimum Gasteiger partial charge on any atom is -0.481 e. The fourth-order valence-corrected chi connectivity index (χ4v) is 2.14. The van der Waals surface area contributed by atoms with Gasteiger partial charge in [-0.2, -0.15) is 0 Å². The van der Waals surface area contributed by atoms with Gasteiger partial charge in [-0.3, -0.25) is 4.79 Å². The average molecular weight is 170 g/mol. The van der Waals surface area contributed by atoms with Gasteiger partial charge < -0.3 is 5.11 Å². The van der Waals surface area contributed by atoms with Crippen molar-refractivity contribution in [3.63, 3.8) is 0 Å². The van der Waals surface area contributed by atoms with Gasteiger partial charge in [0.05, 0.1) is 5.92 Å². The van der Waals surface area contributed by atoms with Crippen molar-refractivity contribution in [1.82, 2.24) is 0 Å². The second-order valence-corrected chi connectivity index (χ2v) is 3.97. The summed E-state index contributed by atoms with van der Waals surface area (Å²) in [7, 11) is 0. The Morgan fingerprint density at radius 3 is 2.67 bits per heavy atom. The molecule has 1 rings (SSSR count). The highest BCUT2D eigenvalue weighted by Gasteiger charge is 2.30. The van der Waals surface area contributed by atoms with E-state index in [0.717, 1.165) is 18.8 Å². The highest BCUT2D eigenvalue weighted by molar-refractivity contribution is 5.69. The molecule has 0 amide bonds. The lowest BCUT2D eigenvalue weighted by molar-refractivity contribution is -0.142. The van der Waals surface area contributed by atoms with Crippen LogP contribution < -0.4 is 0 Å². The van der Waals surface area contributed by atoms with Crippen molar-refractivity contribution in [2.45, 2.75) is 39.5 Å². The summed E-state index contributed by atoms with van der Waals surface area (Å²) in [5, 5.41) is 8.80. The molecule has 0 aromatic rings. The van der Waals surface area contributed by atoms with Crippen LogP contribution in [-0.4, -0.2) is 11.1 Å². The first-order valence-electron chi connectivity index (χ1n) is 4.88. The summed E-state index contributed by atoms with van der Waals surface area (Å²) in [4.78, 5) is 10.7. The summed E-state index contributed by atoms with van der Waals surface area (Å²) in [6, 6.07) is 0. The number of carboxylic acids is 1. The fourth-order valence-electron chi connectivity index (χ4n) is 2.14. The highest BCUT2D eigenvalue weighted by Crippen LogP contribution is 2.37. The van der Waals surface area contributed by atoms with E-state index in [9.17, 15) is 4.79 Å². The minimum atomic E-state index is -0.628. The van der Waals surface area contributed by atoms with E-state index in [1.807, 2.05) is 6.92 Å². The summed E-state index contributed by atoms with van der Waals surface area (Å²) in [5.74, 6) is 0.461. The van der Waals surface area contributed by atoms with Gasteiger partial charge in [0, 0.05) is 0 Å². The molecule has 12 heavy (non-hydrogen) atoms. The Morgan fingerprint density at radius 2 is 2.25 bits per heavy atom.